The first-order valence-corrected chi connectivity index (χ1v) is 8.19. The standard InChI is InChI=1S/C16H26ClN5/c1-11(2)22-9-12(3)14(10-22)21-16(18-4)20-8-13-5-6-15(17)19-7-13/h5-7,11-12,14H,8-10H2,1-4H3,(H2,18,20,21). The maximum absolute atomic E-state index is 5.80. The van der Waals surface area contributed by atoms with Crippen LogP contribution in [0.2, 0.25) is 5.15 Å². The zero-order chi connectivity index (χ0) is 16.1. The molecular weight excluding hydrogens is 298 g/mol. The lowest BCUT2D eigenvalue weighted by Gasteiger charge is -2.22. The summed E-state index contributed by atoms with van der Waals surface area (Å²) in [6.07, 6.45) is 1.78. The largest absolute Gasteiger partial charge is 0.352 e. The minimum atomic E-state index is 0.428. The predicted molar refractivity (Wildman–Crippen MR) is 92.2 cm³/mol. The fourth-order valence-electron chi connectivity index (χ4n) is 2.68. The van der Waals surface area contributed by atoms with Crippen molar-refractivity contribution in [2.45, 2.75) is 39.4 Å². The summed E-state index contributed by atoms with van der Waals surface area (Å²) in [6.45, 7) is 9.65. The smallest absolute Gasteiger partial charge is 0.191 e. The number of hydrogen-bond donors (Lipinski definition) is 2. The highest BCUT2D eigenvalue weighted by Crippen LogP contribution is 2.18. The molecule has 0 radical (unpaired) electrons. The molecule has 0 amide bonds. The van der Waals surface area contributed by atoms with E-state index in [0.29, 0.717) is 29.7 Å². The Morgan fingerprint density at radius 1 is 1.45 bits per heavy atom. The van der Waals surface area contributed by atoms with E-state index < -0.39 is 0 Å². The van der Waals surface area contributed by atoms with Crippen molar-refractivity contribution in [3.8, 4) is 0 Å². The van der Waals surface area contributed by atoms with E-state index in [1.807, 2.05) is 6.07 Å². The molecule has 5 nitrogen and oxygen atoms in total. The van der Waals surface area contributed by atoms with Gasteiger partial charge in [0.2, 0.25) is 0 Å². The van der Waals surface area contributed by atoms with Crippen LogP contribution in [0.15, 0.2) is 23.3 Å². The first-order chi connectivity index (χ1) is 10.5. The summed E-state index contributed by atoms with van der Waals surface area (Å²) < 4.78 is 0. The van der Waals surface area contributed by atoms with Crippen LogP contribution in [0.25, 0.3) is 0 Å². The molecule has 2 rings (SSSR count). The van der Waals surface area contributed by atoms with Crippen LogP contribution in [0.3, 0.4) is 0 Å². The molecule has 0 aromatic carbocycles. The molecule has 0 aliphatic carbocycles. The second-order valence-corrected chi connectivity index (χ2v) is 6.58. The van der Waals surface area contributed by atoms with Crippen LogP contribution in [0, 0.1) is 5.92 Å². The number of halogens is 1. The van der Waals surface area contributed by atoms with Crippen molar-refractivity contribution in [3.05, 3.63) is 29.0 Å². The molecule has 2 N–H and O–H groups in total. The van der Waals surface area contributed by atoms with Crippen molar-refractivity contribution < 1.29 is 0 Å². The van der Waals surface area contributed by atoms with Crippen molar-refractivity contribution in [3.63, 3.8) is 0 Å². The van der Waals surface area contributed by atoms with Crippen LogP contribution in [0.1, 0.15) is 26.3 Å². The molecule has 0 spiro atoms. The number of guanidine groups is 1. The van der Waals surface area contributed by atoms with Gasteiger partial charge in [0.25, 0.3) is 0 Å². The van der Waals surface area contributed by atoms with Crippen LogP contribution in [0.4, 0.5) is 0 Å². The Labute approximate surface area is 138 Å². The Morgan fingerprint density at radius 3 is 2.77 bits per heavy atom. The van der Waals surface area contributed by atoms with Gasteiger partial charge < -0.3 is 10.6 Å². The number of likely N-dealkylation sites (tertiary alicyclic amines) is 1. The van der Waals surface area contributed by atoms with E-state index in [2.05, 4.69) is 46.3 Å². The molecule has 6 heteroatoms. The molecule has 1 aromatic rings. The van der Waals surface area contributed by atoms with Gasteiger partial charge in [0.1, 0.15) is 5.15 Å². The second-order valence-electron chi connectivity index (χ2n) is 6.19. The molecule has 0 bridgehead atoms. The van der Waals surface area contributed by atoms with E-state index in [4.69, 9.17) is 11.6 Å². The van der Waals surface area contributed by atoms with Crippen LogP contribution in [-0.2, 0) is 6.54 Å². The van der Waals surface area contributed by atoms with Gasteiger partial charge in [-0.2, -0.15) is 0 Å². The van der Waals surface area contributed by atoms with Crippen LogP contribution >= 0.6 is 11.6 Å². The molecule has 2 heterocycles. The van der Waals surface area contributed by atoms with Gasteiger partial charge in [-0.25, -0.2) is 4.98 Å². The molecule has 1 fully saturated rings. The van der Waals surface area contributed by atoms with Crippen molar-refractivity contribution in [1.29, 1.82) is 0 Å². The average molecular weight is 324 g/mol. The van der Waals surface area contributed by atoms with E-state index in [9.17, 15) is 0 Å². The summed E-state index contributed by atoms with van der Waals surface area (Å²) in [6, 6.07) is 4.78. The van der Waals surface area contributed by atoms with E-state index in [-0.39, 0.29) is 0 Å². The number of nitrogens with one attached hydrogen (secondary N) is 2. The fourth-order valence-corrected chi connectivity index (χ4v) is 2.79. The molecular formula is C16H26ClN5. The fraction of sp³-hybridized carbons (Fsp3) is 0.625. The van der Waals surface area contributed by atoms with Crippen LogP contribution in [-0.4, -0.2) is 48.1 Å². The Balaban J connectivity index is 1.86. The molecule has 0 saturated carbocycles. The summed E-state index contributed by atoms with van der Waals surface area (Å²) in [4.78, 5) is 10.9. The summed E-state index contributed by atoms with van der Waals surface area (Å²) in [5.74, 6) is 1.44. The monoisotopic (exact) mass is 323 g/mol. The van der Waals surface area contributed by atoms with Gasteiger partial charge in [0.05, 0.1) is 0 Å². The lowest BCUT2D eigenvalue weighted by molar-refractivity contribution is 0.265. The first-order valence-electron chi connectivity index (χ1n) is 7.81. The molecule has 2 atom stereocenters. The highest BCUT2D eigenvalue weighted by atomic mass is 35.5. The second kappa shape index (κ2) is 7.79. The van der Waals surface area contributed by atoms with Crippen LogP contribution in [0.5, 0.6) is 0 Å². The topological polar surface area (TPSA) is 52.6 Å². The molecule has 2 unspecified atom stereocenters. The summed E-state index contributed by atoms with van der Waals surface area (Å²) in [7, 11) is 1.80. The van der Waals surface area contributed by atoms with Gasteiger partial charge in [0.15, 0.2) is 5.96 Å². The maximum atomic E-state index is 5.80. The number of pyridine rings is 1. The maximum Gasteiger partial charge on any atom is 0.191 e. The third-order valence-electron chi connectivity index (χ3n) is 4.17. The minimum absolute atomic E-state index is 0.428. The normalized spacial score (nSPS) is 23.1. The highest BCUT2D eigenvalue weighted by Gasteiger charge is 2.31. The van der Waals surface area contributed by atoms with Gasteiger partial charge in [0, 0.05) is 45.0 Å². The number of aliphatic imine (C=N–C) groups is 1. The third kappa shape index (κ3) is 4.58. The van der Waals surface area contributed by atoms with E-state index in [0.717, 1.165) is 24.6 Å². The number of hydrogen-bond acceptors (Lipinski definition) is 3. The summed E-state index contributed by atoms with van der Waals surface area (Å²) in [5, 5.41) is 7.38. The molecule has 22 heavy (non-hydrogen) atoms. The van der Waals surface area contributed by atoms with Gasteiger partial charge in [-0.3, -0.25) is 9.89 Å². The number of rotatable bonds is 4. The Hall–Kier alpha value is -1.33. The van der Waals surface area contributed by atoms with E-state index in [1.165, 1.54) is 0 Å². The first kappa shape index (κ1) is 17.0. The van der Waals surface area contributed by atoms with Crippen molar-refractivity contribution in [1.82, 2.24) is 20.5 Å². The Morgan fingerprint density at radius 2 is 2.23 bits per heavy atom. The molecule has 1 saturated heterocycles. The Kier molecular flexibility index (Phi) is 6.03. The van der Waals surface area contributed by atoms with Gasteiger partial charge in [-0.15, -0.1) is 0 Å². The highest BCUT2D eigenvalue weighted by molar-refractivity contribution is 6.29. The van der Waals surface area contributed by atoms with E-state index in [1.54, 1.807) is 19.3 Å². The van der Waals surface area contributed by atoms with Crippen LogP contribution < -0.4 is 10.6 Å². The molecule has 122 valence electrons. The Bertz CT molecular complexity index is 500. The molecule has 1 aliphatic rings. The lowest BCUT2D eigenvalue weighted by Crippen LogP contribution is -2.46. The van der Waals surface area contributed by atoms with Crippen molar-refractivity contribution in [2.75, 3.05) is 20.1 Å². The van der Waals surface area contributed by atoms with Gasteiger partial charge >= 0.3 is 0 Å². The molecule has 1 aromatic heterocycles. The van der Waals surface area contributed by atoms with E-state index >= 15 is 0 Å². The third-order valence-corrected chi connectivity index (χ3v) is 4.39. The average Bonchev–Trinajstić information content (AvgIpc) is 2.86. The van der Waals surface area contributed by atoms with Gasteiger partial charge in [-0.1, -0.05) is 24.6 Å². The zero-order valence-electron chi connectivity index (χ0n) is 13.8. The summed E-state index contributed by atoms with van der Waals surface area (Å²) >= 11 is 5.80. The predicted octanol–water partition coefficient (Wildman–Crippen LogP) is 2.13. The minimum Gasteiger partial charge on any atom is -0.352 e. The number of aromatic nitrogens is 1. The lowest BCUT2D eigenvalue weighted by atomic mass is 10.1. The number of nitrogens with zero attached hydrogens (tertiary/aromatic N) is 3. The molecule has 1 aliphatic heterocycles. The van der Waals surface area contributed by atoms with Crippen molar-refractivity contribution >= 4 is 17.6 Å². The SMILES string of the molecule is CN=C(NCc1ccc(Cl)nc1)NC1CN(C(C)C)CC1C. The van der Waals surface area contributed by atoms with Gasteiger partial charge in [-0.05, 0) is 31.4 Å². The zero-order valence-corrected chi connectivity index (χ0v) is 14.6. The van der Waals surface area contributed by atoms with Crippen molar-refractivity contribution in [2.24, 2.45) is 10.9 Å². The summed E-state index contributed by atoms with van der Waals surface area (Å²) in [5.41, 5.74) is 1.08. The quantitative estimate of drug-likeness (QED) is 0.506.